The highest BCUT2D eigenvalue weighted by Gasteiger charge is 2.52. The first-order valence-corrected chi connectivity index (χ1v) is 23.0. The number of nitrogens with one attached hydrogen (secondary N) is 2. The van der Waals surface area contributed by atoms with Crippen LogP contribution >= 0.6 is 0 Å². The lowest BCUT2D eigenvalue weighted by Crippen LogP contribution is -2.55. The third-order valence-corrected chi connectivity index (χ3v) is 15.2. The van der Waals surface area contributed by atoms with Gasteiger partial charge in [-0.2, -0.15) is 5.41 Å². The van der Waals surface area contributed by atoms with Gasteiger partial charge in [-0.05, 0) is 101 Å². The topological polar surface area (TPSA) is 112 Å². The number of piperazine rings is 1. The fraction of sp³-hybridized carbons (Fsp3) is 0.745. The van der Waals surface area contributed by atoms with Gasteiger partial charge in [-0.3, -0.25) is 14.5 Å². The summed E-state index contributed by atoms with van der Waals surface area (Å²) >= 11 is 0. The summed E-state index contributed by atoms with van der Waals surface area (Å²) in [7, 11) is 0. The van der Waals surface area contributed by atoms with Crippen LogP contribution in [-0.4, -0.2) is 131 Å². The highest BCUT2D eigenvalue weighted by Crippen LogP contribution is 2.53. The lowest BCUT2D eigenvalue weighted by atomic mass is 9.57. The molecule has 1 aromatic carbocycles. The van der Waals surface area contributed by atoms with Crippen LogP contribution < -0.4 is 11.1 Å². The summed E-state index contributed by atoms with van der Waals surface area (Å²) < 4.78 is 29.8. The summed E-state index contributed by atoms with van der Waals surface area (Å²) in [5.41, 5.74) is 7.89. The van der Waals surface area contributed by atoms with E-state index in [0.29, 0.717) is 30.2 Å². The van der Waals surface area contributed by atoms with Crippen LogP contribution in [0, 0.1) is 35.0 Å². The summed E-state index contributed by atoms with van der Waals surface area (Å²) in [6.45, 7) is 10.6. The van der Waals surface area contributed by atoms with Gasteiger partial charge in [0.05, 0.1) is 12.1 Å². The van der Waals surface area contributed by atoms with Crippen molar-refractivity contribution in [2.24, 2.45) is 23.0 Å². The van der Waals surface area contributed by atoms with Crippen molar-refractivity contribution in [1.29, 1.82) is 5.41 Å². The molecule has 2 amide bonds. The van der Waals surface area contributed by atoms with Gasteiger partial charge in [0, 0.05) is 109 Å². The number of hydrogen-bond acceptors (Lipinski definition) is 6. The number of alkyl halides is 2. The fourth-order valence-corrected chi connectivity index (χ4v) is 11.6. The zero-order valence-electron chi connectivity index (χ0n) is 35.7. The molecule has 2 bridgehead atoms. The van der Waals surface area contributed by atoms with Gasteiger partial charge in [-0.25, -0.2) is 13.4 Å². The SMILES string of the molecule is C#CCCCCN1CCN(CCC(=O)N2CCC3(CC2)CC(C(=N)[N+](=C(C)N)C2CC4CCC(C2)N4CC[C@H](NC(=O)C2CCC(F)(F)CC2)c2ccccc2)C3)CC1. The van der Waals surface area contributed by atoms with E-state index in [0.717, 1.165) is 142 Å². The standard InChI is InChI=1S/C47H70F2N8O2/c1-3-4-5-9-22-53-27-29-54(30-28-53)23-17-43(58)55-25-20-46(21-26-55)33-38(34-46)44(51)57(35(2)50)41-31-39-12-13-40(32-41)56(39)24-16-42(36-10-7-6-8-11-36)52-45(59)37-14-18-47(48,49)19-15-37/h1,6-8,10-11,37-42,50-51H,4-5,9,12-34H2,2H3,(H,52,59)/p+1/t39?,40?,41?,42-/m0/s1. The number of nitrogens with zero attached hydrogens (tertiary/aromatic N) is 5. The Hall–Kier alpha value is -3.40. The van der Waals surface area contributed by atoms with Gasteiger partial charge in [-0.1, -0.05) is 30.3 Å². The quantitative estimate of drug-likeness (QED) is 0.0635. The molecule has 324 valence electrons. The van der Waals surface area contributed by atoms with E-state index >= 15 is 0 Å². The van der Waals surface area contributed by atoms with Crippen molar-refractivity contribution in [1.82, 2.24) is 24.9 Å². The van der Waals surface area contributed by atoms with Gasteiger partial charge in [0.25, 0.3) is 0 Å². The minimum absolute atomic E-state index is 0.101. The molecule has 3 atom stereocenters. The summed E-state index contributed by atoms with van der Waals surface area (Å²) in [6.07, 6.45) is 18.1. The van der Waals surface area contributed by atoms with Gasteiger partial charge in [0.15, 0.2) is 5.84 Å². The summed E-state index contributed by atoms with van der Waals surface area (Å²) in [5.74, 6) is 1.48. The molecule has 2 aliphatic carbocycles. The highest BCUT2D eigenvalue weighted by molar-refractivity contribution is 5.84. The second-order valence-corrected chi connectivity index (χ2v) is 19.1. The Bertz CT molecular complexity index is 1650. The Morgan fingerprint density at radius 2 is 1.53 bits per heavy atom. The van der Waals surface area contributed by atoms with Gasteiger partial charge in [0.1, 0.15) is 0 Å². The third kappa shape index (κ3) is 10.9. The predicted octanol–water partition coefficient (Wildman–Crippen LogP) is 6.25. The highest BCUT2D eigenvalue weighted by atomic mass is 19.3. The van der Waals surface area contributed by atoms with Crippen LogP contribution in [0.4, 0.5) is 8.78 Å². The van der Waals surface area contributed by atoms with Gasteiger partial charge < -0.3 is 25.8 Å². The Balaban J connectivity index is 0.850. The van der Waals surface area contributed by atoms with E-state index in [2.05, 4.69) is 35.4 Å². The largest absolute Gasteiger partial charge is 0.349 e. The number of nitrogens with two attached hydrogens (primary N) is 1. The monoisotopic (exact) mass is 818 g/mol. The van der Waals surface area contributed by atoms with Crippen LogP contribution in [0.2, 0.25) is 0 Å². The molecule has 59 heavy (non-hydrogen) atoms. The lowest BCUT2D eigenvalue weighted by molar-refractivity contribution is -0.473. The van der Waals surface area contributed by atoms with Gasteiger partial charge in [0.2, 0.25) is 23.6 Å². The Morgan fingerprint density at radius 3 is 2.14 bits per heavy atom. The molecule has 4 saturated heterocycles. The average Bonchev–Trinajstić information content (AvgIpc) is 3.45. The predicted molar refractivity (Wildman–Crippen MR) is 229 cm³/mol. The second-order valence-electron chi connectivity index (χ2n) is 19.1. The maximum absolute atomic E-state index is 13.8. The minimum Gasteiger partial charge on any atom is -0.349 e. The zero-order valence-corrected chi connectivity index (χ0v) is 35.7. The first-order valence-electron chi connectivity index (χ1n) is 23.0. The smallest absolute Gasteiger partial charge is 0.248 e. The second kappa shape index (κ2) is 19.5. The van der Waals surface area contributed by atoms with Crippen molar-refractivity contribution in [2.45, 2.75) is 146 Å². The van der Waals surface area contributed by atoms with Crippen LogP contribution in [0.3, 0.4) is 0 Å². The minimum atomic E-state index is -2.66. The molecule has 6 aliphatic rings. The number of amidine groups is 2. The number of carbonyl (C=O) groups is 2. The Morgan fingerprint density at radius 1 is 0.898 bits per heavy atom. The molecule has 4 aliphatic heterocycles. The molecule has 2 saturated carbocycles. The number of unbranched alkanes of at least 4 members (excludes halogenated alkanes) is 2. The molecule has 12 heteroatoms. The summed E-state index contributed by atoms with van der Waals surface area (Å²) in [4.78, 5) is 36.3. The van der Waals surface area contributed by atoms with E-state index in [1.165, 1.54) is 0 Å². The molecule has 1 spiro atoms. The maximum atomic E-state index is 13.8. The molecule has 2 unspecified atom stereocenters. The molecule has 6 fully saturated rings. The van der Waals surface area contributed by atoms with Gasteiger partial charge in [-0.15, -0.1) is 12.3 Å². The first kappa shape index (κ1) is 43.7. The van der Waals surface area contributed by atoms with Gasteiger partial charge >= 0.3 is 0 Å². The normalized spacial score (nSPS) is 27.4. The van der Waals surface area contributed by atoms with Crippen LogP contribution in [-0.2, 0) is 9.59 Å². The number of benzene rings is 1. The van der Waals surface area contributed by atoms with E-state index in [1.807, 2.05) is 37.3 Å². The fourth-order valence-electron chi connectivity index (χ4n) is 11.6. The Labute approximate surface area is 352 Å². The summed E-state index contributed by atoms with van der Waals surface area (Å²) in [6, 6.07) is 10.9. The third-order valence-electron chi connectivity index (χ3n) is 15.2. The van der Waals surface area contributed by atoms with Crippen molar-refractivity contribution in [2.75, 3.05) is 58.9 Å². The van der Waals surface area contributed by atoms with Crippen molar-refractivity contribution in [3.05, 3.63) is 35.9 Å². The number of rotatable bonds is 15. The van der Waals surface area contributed by atoms with E-state index < -0.39 is 5.92 Å². The molecule has 10 nitrogen and oxygen atoms in total. The molecule has 4 N–H and O–H groups in total. The van der Waals surface area contributed by atoms with Crippen LogP contribution in [0.1, 0.15) is 128 Å². The molecule has 0 radical (unpaired) electrons. The molecule has 1 aromatic rings. The van der Waals surface area contributed by atoms with Crippen LogP contribution in [0.15, 0.2) is 30.3 Å². The lowest BCUT2D eigenvalue weighted by Gasteiger charge is -2.52. The van der Waals surface area contributed by atoms with Crippen molar-refractivity contribution in [3.8, 4) is 12.3 Å². The van der Waals surface area contributed by atoms with Crippen molar-refractivity contribution in [3.63, 3.8) is 0 Å². The van der Waals surface area contributed by atoms with E-state index in [1.54, 1.807) is 0 Å². The first-order chi connectivity index (χ1) is 28.4. The number of likely N-dealkylation sites (tertiary alicyclic amines) is 1. The number of carbonyl (C=O) groups excluding carboxylic acids is 2. The van der Waals surface area contributed by atoms with Crippen LogP contribution in [0.25, 0.3) is 0 Å². The molecule has 4 heterocycles. The number of terminal acetylenes is 1. The Kier molecular flexibility index (Phi) is 14.5. The number of amides is 2. The van der Waals surface area contributed by atoms with Crippen molar-refractivity contribution >= 4 is 23.5 Å². The maximum Gasteiger partial charge on any atom is 0.248 e. The number of hydrogen-bond donors (Lipinski definition) is 3. The number of piperidine rings is 2. The van der Waals surface area contributed by atoms with E-state index in [9.17, 15) is 23.8 Å². The van der Waals surface area contributed by atoms with E-state index in [-0.39, 0.29) is 66.8 Å². The summed E-state index contributed by atoms with van der Waals surface area (Å²) in [5, 5.41) is 12.7. The molecule has 7 rings (SSSR count). The molecular weight excluding hydrogens is 747 g/mol. The van der Waals surface area contributed by atoms with Crippen LogP contribution in [0.5, 0.6) is 0 Å². The molecular formula is C47H71F2N8O2+. The number of fused-ring (bicyclic) bond motifs is 2. The zero-order chi connectivity index (χ0) is 41.6. The van der Waals surface area contributed by atoms with Crippen molar-refractivity contribution < 1.29 is 22.9 Å². The number of halogens is 2. The van der Waals surface area contributed by atoms with E-state index in [4.69, 9.17) is 12.2 Å². The molecule has 0 aromatic heterocycles. The average molecular weight is 818 g/mol.